The lowest BCUT2D eigenvalue weighted by Gasteiger charge is -2.12. The first-order valence-corrected chi connectivity index (χ1v) is 7.50. The van der Waals surface area contributed by atoms with Crippen LogP contribution < -0.4 is 10.6 Å². The number of nitrogens with one attached hydrogen (secondary N) is 2. The van der Waals surface area contributed by atoms with Crippen molar-refractivity contribution in [2.24, 2.45) is 0 Å². The van der Waals surface area contributed by atoms with Crippen molar-refractivity contribution in [1.29, 1.82) is 0 Å². The van der Waals surface area contributed by atoms with E-state index in [0.717, 1.165) is 6.42 Å². The maximum atomic E-state index is 12.2. The Morgan fingerprint density at radius 1 is 1.17 bits per heavy atom. The zero-order valence-corrected chi connectivity index (χ0v) is 13.5. The van der Waals surface area contributed by atoms with Crippen LogP contribution in [0.25, 0.3) is 0 Å². The molecule has 1 heterocycles. The van der Waals surface area contributed by atoms with Gasteiger partial charge in [-0.2, -0.15) is 0 Å². The van der Waals surface area contributed by atoms with Crippen LogP contribution >= 0.6 is 0 Å². The van der Waals surface area contributed by atoms with Crippen LogP contribution in [-0.2, 0) is 0 Å². The highest BCUT2D eigenvalue weighted by Gasteiger charge is 2.10. The molecule has 0 aliphatic carbocycles. The van der Waals surface area contributed by atoms with E-state index in [2.05, 4.69) is 27.5 Å². The first-order chi connectivity index (χ1) is 11.0. The second kappa shape index (κ2) is 7.49. The van der Waals surface area contributed by atoms with Crippen molar-refractivity contribution in [3.63, 3.8) is 0 Å². The lowest BCUT2D eigenvalue weighted by Crippen LogP contribution is -2.17. The SMILES string of the molecule is CCC(C)Nc1cc(C(=O)Nc2ccc(C(C)=O)cc2)ncn1. The minimum Gasteiger partial charge on any atom is -0.368 e. The molecule has 1 aromatic heterocycles. The lowest BCUT2D eigenvalue weighted by molar-refractivity contribution is 0.101. The Balaban J connectivity index is 2.08. The number of hydrogen-bond donors (Lipinski definition) is 2. The van der Waals surface area contributed by atoms with Gasteiger partial charge in [0.25, 0.3) is 5.91 Å². The molecule has 0 aliphatic heterocycles. The zero-order valence-electron chi connectivity index (χ0n) is 13.5. The minimum atomic E-state index is -0.324. The molecule has 0 aliphatic rings. The number of amides is 1. The van der Waals surface area contributed by atoms with Crippen molar-refractivity contribution < 1.29 is 9.59 Å². The Hall–Kier alpha value is -2.76. The third-order valence-electron chi connectivity index (χ3n) is 3.46. The predicted molar refractivity (Wildman–Crippen MR) is 89.8 cm³/mol. The summed E-state index contributed by atoms with van der Waals surface area (Å²) in [5.41, 5.74) is 1.49. The van der Waals surface area contributed by atoms with Crippen LogP contribution in [0.4, 0.5) is 11.5 Å². The minimum absolute atomic E-state index is 0.0144. The van der Waals surface area contributed by atoms with Crippen molar-refractivity contribution in [3.05, 3.63) is 47.9 Å². The molecule has 0 radical (unpaired) electrons. The molecule has 1 amide bonds. The summed E-state index contributed by atoms with van der Waals surface area (Å²) in [5.74, 6) is 0.279. The van der Waals surface area contributed by atoms with Crippen molar-refractivity contribution in [2.45, 2.75) is 33.2 Å². The number of Topliss-reactive ketones (excluding diaryl/α,β-unsaturated/α-hetero) is 1. The van der Waals surface area contributed by atoms with Gasteiger partial charge >= 0.3 is 0 Å². The molecule has 0 saturated heterocycles. The standard InChI is InChI=1S/C17H20N4O2/c1-4-11(2)20-16-9-15(18-10-19-16)17(23)21-14-7-5-13(6-8-14)12(3)22/h5-11H,4H2,1-3H3,(H,21,23)(H,18,19,20). The number of hydrogen-bond acceptors (Lipinski definition) is 5. The van der Waals surface area contributed by atoms with Crippen LogP contribution in [0.2, 0.25) is 0 Å². The van der Waals surface area contributed by atoms with Crippen molar-refractivity contribution in [1.82, 2.24) is 9.97 Å². The third-order valence-corrected chi connectivity index (χ3v) is 3.46. The van der Waals surface area contributed by atoms with E-state index >= 15 is 0 Å². The molecule has 0 spiro atoms. The van der Waals surface area contributed by atoms with Gasteiger partial charge in [0.05, 0.1) is 0 Å². The van der Waals surface area contributed by atoms with Gasteiger partial charge in [0, 0.05) is 23.4 Å². The Morgan fingerprint density at radius 2 is 1.87 bits per heavy atom. The van der Waals surface area contributed by atoms with Gasteiger partial charge in [-0.3, -0.25) is 9.59 Å². The fourth-order valence-corrected chi connectivity index (χ4v) is 1.90. The Labute approximate surface area is 135 Å². The largest absolute Gasteiger partial charge is 0.368 e. The lowest BCUT2D eigenvalue weighted by atomic mass is 10.1. The fourth-order valence-electron chi connectivity index (χ4n) is 1.90. The molecular weight excluding hydrogens is 292 g/mol. The van der Waals surface area contributed by atoms with E-state index in [9.17, 15) is 9.59 Å². The number of benzene rings is 1. The Morgan fingerprint density at radius 3 is 2.48 bits per heavy atom. The zero-order chi connectivity index (χ0) is 16.8. The topological polar surface area (TPSA) is 84.0 Å². The molecule has 2 rings (SSSR count). The van der Waals surface area contributed by atoms with E-state index in [1.54, 1.807) is 30.3 Å². The van der Waals surface area contributed by atoms with Gasteiger partial charge in [-0.25, -0.2) is 9.97 Å². The van der Waals surface area contributed by atoms with Crippen molar-refractivity contribution >= 4 is 23.2 Å². The van der Waals surface area contributed by atoms with Crippen LogP contribution in [0.3, 0.4) is 0 Å². The van der Waals surface area contributed by atoms with Gasteiger partial charge < -0.3 is 10.6 Å². The van der Waals surface area contributed by atoms with Crippen LogP contribution in [-0.4, -0.2) is 27.7 Å². The van der Waals surface area contributed by atoms with Gasteiger partial charge in [-0.05, 0) is 44.5 Å². The molecule has 2 N–H and O–H groups in total. The molecule has 0 fully saturated rings. The highest BCUT2D eigenvalue weighted by molar-refractivity contribution is 6.03. The molecule has 6 heteroatoms. The highest BCUT2D eigenvalue weighted by Crippen LogP contribution is 2.13. The number of anilines is 2. The summed E-state index contributed by atoms with van der Waals surface area (Å²) < 4.78 is 0. The Bertz CT molecular complexity index is 698. The molecule has 6 nitrogen and oxygen atoms in total. The van der Waals surface area contributed by atoms with Crippen LogP contribution in [0.15, 0.2) is 36.7 Å². The summed E-state index contributed by atoms with van der Waals surface area (Å²) in [6, 6.07) is 8.61. The summed E-state index contributed by atoms with van der Waals surface area (Å²) in [4.78, 5) is 31.6. The molecule has 23 heavy (non-hydrogen) atoms. The summed E-state index contributed by atoms with van der Waals surface area (Å²) >= 11 is 0. The average molecular weight is 312 g/mol. The Kier molecular flexibility index (Phi) is 5.41. The van der Waals surface area contributed by atoms with Gasteiger partial charge in [-0.1, -0.05) is 6.92 Å². The van der Waals surface area contributed by atoms with E-state index in [1.807, 2.05) is 6.92 Å². The van der Waals surface area contributed by atoms with E-state index in [1.165, 1.54) is 13.3 Å². The monoisotopic (exact) mass is 312 g/mol. The van der Waals surface area contributed by atoms with Gasteiger partial charge in [0.2, 0.25) is 0 Å². The van der Waals surface area contributed by atoms with E-state index in [-0.39, 0.29) is 23.4 Å². The molecule has 1 aromatic carbocycles. The summed E-state index contributed by atoms with van der Waals surface area (Å²) in [6.07, 6.45) is 2.31. The van der Waals surface area contributed by atoms with Crippen molar-refractivity contribution in [3.8, 4) is 0 Å². The van der Waals surface area contributed by atoms with E-state index < -0.39 is 0 Å². The number of carbonyl (C=O) groups is 2. The first kappa shape index (κ1) is 16.6. The smallest absolute Gasteiger partial charge is 0.274 e. The van der Waals surface area contributed by atoms with Crippen LogP contribution in [0.5, 0.6) is 0 Å². The molecule has 1 unspecified atom stereocenters. The fraction of sp³-hybridized carbons (Fsp3) is 0.294. The molecule has 2 aromatic rings. The van der Waals surface area contributed by atoms with Gasteiger partial charge in [0.1, 0.15) is 17.8 Å². The predicted octanol–water partition coefficient (Wildman–Crippen LogP) is 3.14. The summed E-state index contributed by atoms with van der Waals surface area (Å²) in [7, 11) is 0. The molecule has 0 bridgehead atoms. The summed E-state index contributed by atoms with van der Waals surface area (Å²) in [6.45, 7) is 5.61. The second-order valence-electron chi connectivity index (χ2n) is 5.33. The maximum absolute atomic E-state index is 12.2. The number of rotatable bonds is 6. The molecule has 0 saturated carbocycles. The molecule has 1 atom stereocenters. The van der Waals surface area contributed by atoms with Crippen molar-refractivity contribution in [2.75, 3.05) is 10.6 Å². The van der Waals surface area contributed by atoms with E-state index in [0.29, 0.717) is 17.1 Å². The summed E-state index contributed by atoms with van der Waals surface area (Å²) in [5, 5.41) is 5.95. The number of carbonyl (C=O) groups excluding carboxylic acids is 2. The quantitative estimate of drug-likeness (QED) is 0.801. The van der Waals surface area contributed by atoms with Gasteiger partial charge in [0.15, 0.2) is 5.78 Å². The third kappa shape index (κ3) is 4.60. The van der Waals surface area contributed by atoms with Crippen LogP contribution in [0.1, 0.15) is 48.0 Å². The number of aromatic nitrogens is 2. The van der Waals surface area contributed by atoms with Gasteiger partial charge in [-0.15, -0.1) is 0 Å². The normalized spacial score (nSPS) is 11.6. The molecule has 120 valence electrons. The molecular formula is C17H20N4O2. The first-order valence-electron chi connectivity index (χ1n) is 7.50. The number of ketones is 1. The van der Waals surface area contributed by atoms with Crippen LogP contribution in [0, 0.1) is 0 Å². The van der Waals surface area contributed by atoms with E-state index in [4.69, 9.17) is 0 Å². The number of nitrogens with zero attached hydrogens (tertiary/aromatic N) is 2. The maximum Gasteiger partial charge on any atom is 0.274 e. The second-order valence-corrected chi connectivity index (χ2v) is 5.33. The highest BCUT2D eigenvalue weighted by atomic mass is 16.2. The average Bonchev–Trinajstić information content (AvgIpc) is 2.55.